The Kier molecular flexibility index (Phi) is 23.7. The first-order chi connectivity index (χ1) is 22.3. The zero-order chi connectivity index (χ0) is 33.9. The molecule has 0 radical (unpaired) electrons. The monoisotopic (exact) mass is 686 g/mol. The van der Waals surface area contributed by atoms with Crippen molar-refractivity contribution in [3.8, 4) is 0 Å². The Morgan fingerprint density at radius 2 is 0.739 bits per heavy atom. The van der Waals surface area contributed by atoms with E-state index >= 15 is 0 Å². The van der Waals surface area contributed by atoms with Crippen molar-refractivity contribution >= 4 is 29.7 Å². The summed E-state index contributed by atoms with van der Waals surface area (Å²) in [6.45, 7) is 17.2. The summed E-state index contributed by atoms with van der Waals surface area (Å²) in [5.74, 6) is 0. The van der Waals surface area contributed by atoms with Gasteiger partial charge in [-0.3, -0.25) is 0 Å². The molecule has 266 valence electrons. The van der Waals surface area contributed by atoms with E-state index in [1.807, 2.05) is 41.5 Å². The van der Waals surface area contributed by atoms with Crippen LogP contribution in [0.1, 0.15) is 78.4 Å². The zero-order valence-corrected chi connectivity index (χ0v) is 31.3. The third-order valence-corrected chi connectivity index (χ3v) is 13.3. The van der Waals surface area contributed by atoms with E-state index in [1.165, 1.54) is 11.1 Å². The van der Waals surface area contributed by atoms with Gasteiger partial charge in [-0.2, -0.15) is 0 Å². The van der Waals surface area contributed by atoms with Crippen molar-refractivity contribution in [2.75, 3.05) is 65.8 Å². The summed E-state index contributed by atoms with van der Waals surface area (Å²) in [6.07, 6.45) is 4.95. The molecule has 46 heavy (non-hydrogen) atoms. The minimum Gasteiger partial charge on any atom is -0.374 e. The number of benzene rings is 1. The zero-order valence-electron chi connectivity index (χ0n) is 29.3. The third kappa shape index (κ3) is 18.3. The van der Waals surface area contributed by atoms with Crippen LogP contribution in [0.3, 0.4) is 0 Å². The fourth-order valence-electron chi connectivity index (χ4n) is 5.00. The largest absolute Gasteiger partial charge is 0.500 e. The van der Waals surface area contributed by atoms with Crippen LogP contribution in [0.25, 0.3) is 0 Å². The van der Waals surface area contributed by atoms with Gasteiger partial charge >= 0.3 is 29.7 Å². The average molecular weight is 687 g/mol. The number of hydrogen-bond acceptors (Lipinski definition) is 8. The summed E-state index contributed by atoms with van der Waals surface area (Å²) < 4.78 is 35.2. The molecule has 1 aromatic carbocycles. The molecule has 0 fully saturated rings. The maximum Gasteiger partial charge on any atom is 0.500 e. The molecule has 0 heterocycles. The van der Waals surface area contributed by atoms with Gasteiger partial charge in [0.2, 0.25) is 0 Å². The summed E-state index contributed by atoms with van der Waals surface area (Å²) >= 11 is 0. The van der Waals surface area contributed by atoms with Crippen LogP contribution < -0.4 is 21.3 Å². The molecule has 0 aromatic heterocycles. The highest BCUT2D eigenvalue weighted by Gasteiger charge is 2.40. The van der Waals surface area contributed by atoms with Gasteiger partial charge in [0.05, 0.1) is 0 Å². The fraction of sp³-hybridized carbons (Fsp3) is 0.750. The molecule has 14 heteroatoms. The number of urea groups is 2. The Balaban J connectivity index is 2.20. The Morgan fingerprint density at radius 1 is 0.478 bits per heavy atom. The number of amides is 4. The molecular weight excluding hydrogens is 625 g/mol. The Labute approximate surface area is 280 Å². The van der Waals surface area contributed by atoms with Gasteiger partial charge in [0, 0.05) is 77.9 Å². The number of carbonyl (C=O) groups excluding carboxylic acids is 2. The van der Waals surface area contributed by atoms with E-state index in [2.05, 4.69) is 45.5 Å². The maximum atomic E-state index is 12.2. The van der Waals surface area contributed by atoms with Crippen molar-refractivity contribution in [3.63, 3.8) is 0 Å². The van der Waals surface area contributed by atoms with Crippen LogP contribution in [0.4, 0.5) is 9.59 Å². The summed E-state index contributed by atoms with van der Waals surface area (Å²) in [4.78, 5) is 24.4. The van der Waals surface area contributed by atoms with Gasteiger partial charge in [-0.25, -0.2) is 9.59 Å². The van der Waals surface area contributed by atoms with Gasteiger partial charge in [-0.15, -0.1) is 0 Å². The quantitative estimate of drug-likeness (QED) is 0.0712. The molecule has 1 aromatic rings. The van der Waals surface area contributed by atoms with Gasteiger partial charge in [0.15, 0.2) is 0 Å². The van der Waals surface area contributed by atoms with Crippen molar-refractivity contribution in [2.45, 2.75) is 92.2 Å². The van der Waals surface area contributed by atoms with Crippen molar-refractivity contribution < 1.29 is 36.1 Å². The van der Waals surface area contributed by atoms with E-state index in [0.717, 1.165) is 38.5 Å². The number of rotatable bonds is 28. The van der Waals surface area contributed by atoms with Crippen LogP contribution in [0.15, 0.2) is 24.3 Å². The van der Waals surface area contributed by atoms with Gasteiger partial charge in [0.25, 0.3) is 0 Å². The number of aryl methyl sites for hydroxylation is 2. The van der Waals surface area contributed by atoms with E-state index in [-0.39, 0.29) is 12.1 Å². The van der Waals surface area contributed by atoms with Gasteiger partial charge in [-0.1, -0.05) is 24.3 Å². The predicted molar refractivity (Wildman–Crippen MR) is 186 cm³/mol. The second-order valence-electron chi connectivity index (χ2n) is 10.6. The van der Waals surface area contributed by atoms with E-state index < -0.39 is 17.6 Å². The summed E-state index contributed by atoms with van der Waals surface area (Å²) in [5, 5.41) is 11.7. The molecule has 0 bridgehead atoms. The molecule has 0 unspecified atom stereocenters. The second-order valence-corrected chi connectivity index (χ2v) is 16.0. The molecule has 12 nitrogen and oxygen atoms in total. The molecular formula is C32H62N4O8Si2. The minimum atomic E-state index is -2.67. The summed E-state index contributed by atoms with van der Waals surface area (Å²) in [6, 6.07) is 9.56. The lowest BCUT2D eigenvalue weighted by Crippen LogP contribution is -2.46. The van der Waals surface area contributed by atoms with E-state index in [0.29, 0.717) is 77.9 Å². The normalized spacial score (nSPS) is 11.8. The van der Waals surface area contributed by atoms with Crippen molar-refractivity contribution in [1.29, 1.82) is 0 Å². The molecule has 0 aliphatic carbocycles. The second kappa shape index (κ2) is 26.0. The van der Waals surface area contributed by atoms with Crippen LogP contribution in [-0.2, 0) is 39.4 Å². The molecule has 4 amide bonds. The first-order valence-electron chi connectivity index (χ1n) is 17.3. The van der Waals surface area contributed by atoms with Crippen LogP contribution in [0.2, 0.25) is 12.1 Å². The molecule has 4 N–H and O–H groups in total. The lowest BCUT2D eigenvalue weighted by molar-refractivity contribution is 0.0700. The van der Waals surface area contributed by atoms with Crippen molar-refractivity contribution in [3.05, 3.63) is 35.4 Å². The Bertz CT molecular complexity index is 823. The van der Waals surface area contributed by atoms with Crippen LogP contribution >= 0.6 is 0 Å². The summed E-state index contributed by atoms with van der Waals surface area (Å²) in [7, 11) is -5.34. The topological polar surface area (TPSA) is 138 Å². The lowest BCUT2D eigenvalue weighted by Gasteiger charge is -2.28. The lowest BCUT2D eigenvalue weighted by atomic mass is 10.0. The molecule has 0 saturated heterocycles. The average Bonchev–Trinajstić information content (AvgIpc) is 3.03. The molecule has 0 saturated carbocycles. The first kappa shape index (κ1) is 42.0. The highest BCUT2D eigenvalue weighted by atomic mass is 28.4. The highest BCUT2D eigenvalue weighted by Crippen LogP contribution is 2.19. The minimum absolute atomic E-state index is 0.164. The number of nitrogens with one attached hydrogen (secondary N) is 4. The van der Waals surface area contributed by atoms with Crippen LogP contribution in [0, 0.1) is 0 Å². The molecule has 0 aliphatic rings. The molecule has 1 rings (SSSR count). The molecule has 0 atom stereocenters. The van der Waals surface area contributed by atoms with Crippen molar-refractivity contribution in [1.82, 2.24) is 21.3 Å². The fourth-order valence-corrected chi connectivity index (χ4v) is 10.2. The van der Waals surface area contributed by atoms with E-state index in [1.54, 1.807) is 0 Å². The SMILES string of the molecule is CCO[Si](CCCNC(=O)NCCCc1ccc(CCCNC(=O)NCCC[Si](OCC)(OCC)OCC)cc1)(OCC)OCC. The van der Waals surface area contributed by atoms with Gasteiger partial charge < -0.3 is 47.8 Å². The standard InChI is InChI=1S/C32H62N4O8Si2/c1-7-39-45(40-8-2,41-9-3)27-15-25-35-31(37)33-23-13-17-29-19-21-30(22-20-29)18-14-24-34-32(38)36-26-16-28-46(42-10-4,43-11-5)44-12-6/h19-22H,7-18,23-28H2,1-6H3,(H2,33,35,37)(H2,34,36,38). The molecule has 0 aliphatic heterocycles. The highest BCUT2D eigenvalue weighted by molar-refractivity contribution is 6.61. The van der Waals surface area contributed by atoms with E-state index in [4.69, 9.17) is 26.6 Å². The van der Waals surface area contributed by atoms with Crippen LogP contribution in [0.5, 0.6) is 0 Å². The van der Waals surface area contributed by atoms with E-state index in [9.17, 15) is 9.59 Å². The summed E-state index contributed by atoms with van der Waals surface area (Å²) in [5.41, 5.74) is 2.47. The Morgan fingerprint density at radius 3 is 1.00 bits per heavy atom. The molecule has 0 spiro atoms. The van der Waals surface area contributed by atoms with Crippen LogP contribution in [-0.4, -0.2) is 95.5 Å². The predicted octanol–water partition coefficient (Wildman–Crippen LogP) is 5.03. The Hall–Kier alpha value is -2.05. The van der Waals surface area contributed by atoms with Crippen molar-refractivity contribution in [2.24, 2.45) is 0 Å². The number of hydrogen-bond donors (Lipinski definition) is 4. The van der Waals surface area contributed by atoms with Gasteiger partial charge in [0.1, 0.15) is 0 Å². The van der Waals surface area contributed by atoms with Gasteiger partial charge in [-0.05, 0) is 91.2 Å². The number of carbonyl (C=O) groups is 2. The third-order valence-electron chi connectivity index (χ3n) is 6.95. The first-order valence-corrected chi connectivity index (χ1v) is 21.1. The maximum absolute atomic E-state index is 12.2. The smallest absolute Gasteiger partial charge is 0.374 e.